The van der Waals surface area contributed by atoms with E-state index in [1.54, 1.807) is 0 Å². The van der Waals surface area contributed by atoms with Gasteiger partial charge in [-0.1, -0.05) is 75.0 Å². The topological polar surface area (TPSA) is 135 Å². The number of benzene rings is 2. The minimum Gasteiger partial charge on any atom is -0.465 e. The molecule has 1 fully saturated rings. The minimum atomic E-state index is -1.05. The summed E-state index contributed by atoms with van der Waals surface area (Å²) in [6.07, 6.45) is 19.6. The van der Waals surface area contributed by atoms with Crippen molar-refractivity contribution in [1.29, 1.82) is 0 Å². The number of Topliss-reactive ketones (excluding diaryl/α,β-unsaturated/α-hetero) is 1. The third kappa shape index (κ3) is 6.98. The lowest BCUT2D eigenvalue weighted by molar-refractivity contribution is -0.121. The van der Waals surface area contributed by atoms with Crippen LogP contribution in [0.4, 0.5) is 0 Å². The molecule has 6 N–H and O–H groups in total. The molecule has 1 aliphatic carbocycles. The van der Waals surface area contributed by atoms with Gasteiger partial charge < -0.3 is 40.3 Å². The van der Waals surface area contributed by atoms with Gasteiger partial charge in [0.1, 0.15) is 24.2 Å². The number of hydrogen-bond acceptors (Lipinski definition) is 7. The molecule has 5 heterocycles. The van der Waals surface area contributed by atoms with Crippen LogP contribution in [0.1, 0.15) is 123 Å². The van der Waals surface area contributed by atoms with Gasteiger partial charge in [0, 0.05) is 43.2 Å². The number of aliphatic hydroxyl groups excluding tert-OH is 2. The van der Waals surface area contributed by atoms with E-state index in [9.17, 15) is 15.0 Å². The Balaban J connectivity index is 1.17. The molecular weight excluding hydrogens is 665 g/mol. The molecular formula is C44H48N4O5. The van der Waals surface area contributed by atoms with Crippen molar-refractivity contribution in [3.8, 4) is 35.4 Å². The number of aromatic amines is 1. The number of carbonyl (C=O) groups excluding carboxylic acids is 1. The number of carbonyl (C=O) groups is 1. The maximum Gasteiger partial charge on any atom is 0.191 e. The summed E-state index contributed by atoms with van der Waals surface area (Å²) in [7, 11) is 0. The van der Waals surface area contributed by atoms with Crippen LogP contribution in [0.2, 0.25) is 0 Å². The van der Waals surface area contributed by atoms with Crippen LogP contribution in [-0.4, -0.2) is 31.7 Å². The van der Waals surface area contributed by atoms with E-state index < -0.39 is 29.8 Å². The summed E-state index contributed by atoms with van der Waals surface area (Å²) >= 11 is 0. The van der Waals surface area contributed by atoms with Crippen LogP contribution in [0, 0.1) is 35.2 Å². The van der Waals surface area contributed by atoms with Gasteiger partial charge in [0.05, 0.1) is 23.0 Å². The Kier molecular flexibility index (Phi) is 9.83. The van der Waals surface area contributed by atoms with Crippen molar-refractivity contribution >= 4 is 22.8 Å². The SMILES string of the molecule is CCCCCC(O)CC(=O)CCc1ccc2c(c1)OC1C(C#CC(O)c3ccc4c(c3Cc3c[nH]c5cn1cc35)C=CNC4N)C1(C#CO2)CCCC1. The Morgan fingerprint density at radius 3 is 2.81 bits per heavy atom. The number of hydrogen-bond donors (Lipinski definition) is 5. The lowest BCUT2D eigenvalue weighted by Crippen LogP contribution is -2.35. The molecule has 2 aromatic carbocycles. The Bertz CT molecular complexity index is 2170. The summed E-state index contributed by atoms with van der Waals surface area (Å²) in [4.78, 5) is 16.3. The van der Waals surface area contributed by atoms with E-state index in [2.05, 4.69) is 58.1 Å². The van der Waals surface area contributed by atoms with E-state index in [0.717, 1.165) is 89.2 Å². The summed E-state index contributed by atoms with van der Waals surface area (Å²) in [5.41, 5.74) is 12.7. The number of unbranched alkanes of at least 4 members (excludes halogenated alkanes) is 2. The summed E-state index contributed by atoms with van der Waals surface area (Å²) in [5.74, 6) is 11.0. The molecule has 0 radical (unpaired) electrons. The molecule has 2 aromatic heterocycles. The first-order valence-corrected chi connectivity index (χ1v) is 19.2. The fourth-order valence-corrected chi connectivity index (χ4v) is 8.64. The lowest BCUT2D eigenvalue weighted by atomic mass is 9.73. The van der Waals surface area contributed by atoms with Crippen LogP contribution in [0.5, 0.6) is 11.5 Å². The smallest absolute Gasteiger partial charge is 0.191 e. The number of ether oxygens (including phenoxy) is 2. The first-order valence-electron chi connectivity index (χ1n) is 19.2. The zero-order chi connectivity index (χ0) is 36.5. The van der Waals surface area contributed by atoms with Crippen molar-refractivity contribution < 1.29 is 24.5 Å². The van der Waals surface area contributed by atoms with Crippen LogP contribution in [-0.2, 0) is 17.6 Å². The minimum absolute atomic E-state index is 0.0489. The number of rotatable bonds is 9. The van der Waals surface area contributed by atoms with Crippen LogP contribution in [0.3, 0.4) is 0 Å². The van der Waals surface area contributed by atoms with E-state index in [1.807, 2.05) is 48.8 Å². The first kappa shape index (κ1) is 35.1. The summed E-state index contributed by atoms with van der Waals surface area (Å²) in [6, 6.07) is 9.70. The predicted molar refractivity (Wildman–Crippen MR) is 204 cm³/mol. The summed E-state index contributed by atoms with van der Waals surface area (Å²) < 4.78 is 15.3. The van der Waals surface area contributed by atoms with Crippen molar-refractivity contribution in [3.63, 3.8) is 0 Å². The number of nitrogens with one attached hydrogen (secondary N) is 2. The number of ketones is 1. The summed E-state index contributed by atoms with van der Waals surface area (Å²) in [5, 5.41) is 26.5. The van der Waals surface area contributed by atoms with Gasteiger partial charge >= 0.3 is 0 Å². The second kappa shape index (κ2) is 14.8. The highest BCUT2D eigenvalue weighted by Crippen LogP contribution is 2.50. The second-order valence-electron chi connectivity index (χ2n) is 15.2. The highest BCUT2D eigenvalue weighted by Gasteiger charge is 2.46. The van der Waals surface area contributed by atoms with E-state index in [1.165, 1.54) is 0 Å². The largest absolute Gasteiger partial charge is 0.465 e. The number of H-pyrrole nitrogens is 1. The van der Waals surface area contributed by atoms with Crippen LogP contribution in [0.25, 0.3) is 17.0 Å². The van der Waals surface area contributed by atoms with Gasteiger partial charge in [-0.25, -0.2) is 0 Å². The van der Waals surface area contributed by atoms with Crippen molar-refractivity contribution in [2.75, 3.05) is 0 Å². The Hall–Kier alpha value is -4.93. The van der Waals surface area contributed by atoms with Gasteiger partial charge in [0.25, 0.3) is 0 Å². The quantitative estimate of drug-likeness (QED) is 0.0925. The zero-order valence-electron chi connectivity index (χ0n) is 30.3. The van der Waals surface area contributed by atoms with E-state index in [-0.39, 0.29) is 18.4 Å². The van der Waals surface area contributed by atoms with Gasteiger partial charge in [0.2, 0.25) is 0 Å². The Morgan fingerprint density at radius 2 is 1.96 bits per heavy atom. The number of aromatic nitrogens is 2. The van der Waals surface area contributed by atoms with Gasteiger partial charge in [-0.05, 0) is 83.5 Å². The van der Waals surface area contributed by atoms with Crippen molar-refractivity contribution in [1.82, 2.24) is 14.9 Å². The Labute approximate surface area is 310 Å². The van der Waals surface area contributed by atoms with Crippen molar-refractivity contribution in [2.45, 2.75) is 109 Å². The molecule has 274 valence electrons. The van der Waals surface area contributed by atoms with E-state index in [0.29, 0.717) is 37.2 Å². The molecule has 5 atom stereocenters. The molecule has 5 unspecified atom stereocenters. The second-order valence-corrected chi connectivity index (χ2v) is 15.2. The fourth-order valence-electron chi connectivity index (χ4n) is 8.64. The van der Waals surface area contributed by atoms with Gasteiger partial charge in [0.15, 0.2) is 17.7 Å². The number of fused-ring (bicyclic) bond motifs is 8. The summed E-state index contributed by atoms with van der Waals surface area (Å²) in [6.45, 7) is 2.13. The fraction of sp³-hybridized carbons (Fsp3) is 0.432. The van der Waals surface area contributed by atoms with E-state index in [4.69, 9.17) is 15.2 Å². The molecule has 9 heteroatoms. The third-order valence-corrected chi connectivity index (χ3v) is 11.6. The number of nitrogens with two attached hydrogens (primary N) is 1. The molecule has 2 bridgehead atoms. The maximum absolute atomic E-state index is 12.8. The molecule has 4 aromatic rings. The monoisotopic (exact) mass is 712 g/mol. The normalized spacial score (nSPS) is 22.6. The van der Waals surface area contributed by atoms with Crippen LogP contribution in [0.15, 0.2) is 55.1 Å². The third-order valence-electron chi connectivity index (χ3n) is 11.6. The highest BCUT2D eigenvalue weighted by molar-refractivity contribution is 5.84. The zero-order valence-corrected chi connectivity index (χ0v) is 30.3. The lowest BCUT2D eigenvalue weighted by Gasteiger charge is -2.35. The van der Waals surface area contributed by atoms with Crippen LogP contribution >= 0.6 is 0 Å². The van der Waals surface area contributed by atoms with Gasteiger partial charge in [-0.3, -0.25) is 4.79 Å². The molecule has 0 amide bonds. The maximum atomic E-state index is 12.8. The highest BCUT2D eigenvalue weighted by atomic mass is 16.5. The van der Waals surface area contributed by atoms with Gasteiger partial charge in [-0.2, -0.15) is 0 Å². The molecule has 4 aliphatic rings. The molecule has 53 heavy (non-hydrogen) atoms. The predicted octanol–water partition coefficient (Wildman–Crippen LogP) is 7.08. The van der Waals surface area contributed by atoms with Crippen molar-refractivity contribution in [2.24, 2.45) is 17.1 Å². The molecule has 8 rings (SSSR count). The molecule has 1 spiro atoms. The Morgan fingerprint density at radius 1 is 1.11 bits per heavy atom. The van der Waals surface area contributed by atoms with Crippen LogP contribution < -0.4 is 20.5 Å². The van der Waals surface area contributed by atoms with E-state index >= 15 is 0 Å². The van der Waals surface area contributed by atoms with Crippen molar-refractivity contribution in [3.05, 3.63) is 88.5 Å². The molecule has 1 saturated carbocycles. The number of aliphatic hydroxyl groups is 2. The number of nitrogens with zero attached hydrogens (tertiary/aromatic N) is 1. The standard InChI is InChI=1S/C44H48N4O5/c1-2-3-4-7-30(49)24-31(50)10-8-28-9-15-40-41(22-28)53-43-37(44(19-21-52-40)17-5-6-18-44)13-14-39(51)33-11-12-34-32(16-20-46-42(34)45)35(33)23-29-25-47-38-27-48(43)26-36(29)38/h9,11-12,15-16,20,22,25-27,30,37,39,42-43,46-47,49,51H,2-8,10,17-18,23-24,45H2,1H3. The molecule has 3 aliphatic heterocycles. The molecule has 0 saturated heterocycles. The number of aryl methyl sites for hydroxylation is 1. The average molecular weight is 713 g/mol. The molecule has 9 nitrogen and oxygen atoms in total. The average Bonchev–Trinajstić information content (AvgIpc) is 3.89. The van der Waals surface area contributed by atoms with Gasteiger partial charge in [-0.15, -0.1) is 0 Å². The first-order chi connectivity index (χ1) is 25.8.